The molecule has 0 aliphatic carbocycles. The van der Waals surface area contributed by atoms with Gasteiger partial charge in [-0.2, -0.15) is 5.10 Å². The van der Waals surface area contributed by atoms with E-state index in [2.05, 4.69) is 28.0 Å². The van der Waals surface area contributed by atoms with E-state index in [4.69, 9.17) is 9.47 Å². The number of amides is 2. The summed E-state index contributed by atoms with van der Waals surface area (Å²) in [5, 5.41) is 6.87. The molecule has 0 atom stereocenters. The lowest BCUT2D eigenvalue weighted by atomic mass is 10.1. The van der Waals surface area contributed by atoms with Crippen LogP contribution in [0.1, 0.15) is 35.7 Å². The third kappa shape index (κ3) is 7.29. The molecule has 0 unspecified atom stereocenters. The van der Waals surface area contributed by atoms with Crippen molar-refractivity contribution < 1.29 is 19.1 Å². The minimum Gasteiger partial charge on any atom is -0.493 e. The zero-order valence-corrected chi connectivity index (χ0v) is 17.0. The first-order chi connectivity index (χ1) is 14.0. The van der Waals surface area contributed by atoms with Gasteiger partial charge in [-0.15, -0.1) is 0 Å². The first-order valence-electron chi connectivity index (χ1n) is 9.39. The maximum atomic E-state index is 12.2. The number of rotatable bonds is 10. The number of aryl methyl sites for hydroxylation is 1. The summed E-state index contributed by atoms with van der Waals surface area (Å²) in [6.45, 7) is 2.29. The fourth-order valence-corrected chi connectivity index (χ4v) is 2.69. The van der Waals surface area contributed by atoms with Crippen LogP contribution in [0.4, 0.5) is 0 Å². The Labute approximate surface area is 171 Å². The molecule has 2 rings (SSSR count). The molecule has 7 heteroatoms. The number of nitrogens with one attached hydrogen (secondary N) is 2. The zero-order chi connectivity index (χ0) is 21.1. The van der Waals surface area contributed by atoms with E-state index in [9.17, 15) is 9.59 Å². The summed E-state index contributed by atoms with van der Waals surface area (Å²) in [4.78, 5) is 24.2. The summed E-state index contributed by atoms with van der Waals surface area (Å²) in [5.74, 6) is 0.469. The van der Waals surface area contributed by atoms with Crippen molar-refractivity contribution in [1.82, 2.24) is 10.7 Å². The average molecular weight is 397 g/mol. The van der Waals surface area contributed by atoms with E-state index in [-0.39, 0.29) is 12.3 Å². The van der Waals surface area contributed by atoms with Crippen molar-refractivity contribution in [3.63, 3.8) is 0 Å². The van der Waals surface area contributed by atoms with Crippen LogP contribution in [-0.2, 0) is 11.2 Å². The number of hydrogen-bond acceptors (Lipinski definition) is 5. The van der Waals surface area contributed by atoms with E-state index in [0.717, 1.165) is 12.8 Å². The van der Waals surface area contributed by atoms with Crippen molar-refractivity contribution in [2.45, 2.75) is 26.2 Å². The van der Waals surface area contributed by atoms with Crippen molar-refractivity contribution in [2.24, 2.45) is 5.10 Å². The first kappa shape index (κ1) is 21.9. The lowest BCUT2D eigenvalue weighted by Crippen LogP contribution is -2.27. The van der Waals surface area contributed by atoms with Crippen LogP contribution in [0.25, 0.3) is 0 Å². The normalized spacial score (nSPS) is 10.9. The molecule has 2 aromatic carbocycles. The Morgan fingerprint density at radius 3 is 2.41 bits per heavy atom. The van der Waals surface area contributed by atoms with E-state index < -0.39 is 5.91 Å². The maximum absolute atomic E-state index is 12.2. The smallest absolute Gasteiger partial charge is 0.271 e. The Morgan fingerprint density at radius 2 is 1.72 bits per heavy atom. The molecule has 0 saturated carbocycles. The van der Waals surface area contributed by atoms with E-state index in [1.54, 1.807) is 25.1 Å². The van der Waals surface area contributed by atoms with Crippen molar-refractivity contribution in [1.29, 1.82) is 0 Å². The minimum atomic E-state index is -0.395. The van der Waals surface area contributed by atoms with Crippen LogP contribution in [0, 0.1) is 0 Å². The minimum absolute atomic E-state index is 0.123. The Balaban J connectivity index is 1.75. The van der Waals surface area contributed by atoms with Crippen LogP contribution in [-0.4, -0.2) is 38.3 Å². The number of benzene rings is 2. The molecule has 0 aliphatic heterocycles. The number of ether oxygens (including phenoxy) is 2. The van der Waals surface area contributed by atoms with Gasteiger partial charge in [0.2, 0.25) is 5.91 Å². The first-order valence-corrected chi connectivity index (χ1v) is 9.39. The summed E-state index contributed by atoms with van der Waals surface area (Å²) in [5.41, 5.74) is 4.59. The zero-order valence-electron chi connectivity index (χ0n) is 17.0. The molecule has 29 heavy (non-hydrogen) atoms. The Hall–Kier alpha value is -3.35. The second kappa shape index (κ2) is 11.5. The predicted octanol–water partition coefficient (Wildman–Crippen LogP) is 2.95. The quantitative estimate of drug-likeness (QED) is 0.366. The lowest BCUT2D eigenvalue weighted by Gasteiger charge is -2.09. The van der Waals surface area contributed by atoms with Gasteiger partial charge >= 0.3 is 0 Å². The highest BCUT2D eigenvalue weighted by Crippen LogP contribution is 2.27. The second-order valence-electron chi connectivity index (χ2n) is 6.47. The van der Waals surface area contributed by atoms with Crippen LogP contribution >= 0.6 is 0 Å². The van der Waals surface area contributed by atoms with Gasteiger partial charge in [0.15, 0.2) is 11.5 Å². The van der Waals surface area contributed by atoms with Gasteiger partial charge in [0, 0.05) is 17.8 Å². The third-order valence-corrected chi connectivity index (χ3v) is 4.22. The lowest BCUT2D eigenvalue weighted by molar-refractivity contribution is -0.119. The SMILES string of the molecule is COc1ccc(C(=O)N/N=C(\C)CC(=O)NCCCc2ccccc2)cc1OC. The van der Waals surface area contributed by atoms with Crippen molar-refractivity contribution in [3.8, 4) is 11.5 Å². The number of carbonyl (C=O) groups excluding carboxylic acids is 2. The van der Waals surface area contributed by atoms with Gasteiger partial charge < -0.3 is 14.8 Å². The predicted molar refractivity (Wildman–Crippen MR) is 113 cm³/mol. The van der Waals surface area contributed by atoms with Crippen molar-refractivity contribution in [2.75, 3.05) is 20.8 Å². The van der Waals surface area contributed by atoms with E-state index in [1.165, 1.54) is 19.8 Å². The largest absolute Gasteiger partial charge is 0.493 e. The van der Waals surface area contributed by atoms with E-state index in [0.29, 0.717) is 29.3 Å². The second-order valence-corrected chi connectivity index (χ2v) is 6.47. The molecule has 0 fully saturated rings. The number of hydrazone groups is 1. The molecule has 0 heterocycles. The molecule has 0 bridgehead atoms. The van der Waals surface area contributed by atoms with Gasteiger partial charge in [0.05, 0.1) is 20.6 Å². The van der Waals surface area contributed by atoms with Gasteiger partial charge in [-0.3, -0.25) is 9.59 Å². The van der Waals surface area contributed by atoms with Crippen LogP contribution in [0.5, 0.6) is 11.5 Å². The molecular weight excluding hydrogens is 370 g/mol. The monoisotopic (exact) mass is 397 g/mol. The fourth-order valence-electron chi connectivity index (χ4n) is 2.69. The van der Waals surface area contributed by atoms with Gasteiger partial charge in [0.1, 0.15) is 0 Å². The van der Waals surface area contributed by atoms with Gasteiger partial charge in [-0.25, -0.2) is 5.43 Å². The highest BCUT2D eigenvalue weighted by Gasteiger charge is 2.11. The molecule has 2 N–H and O–H groups in total. The van der Waals surface area contributed by atoms with Crippen molar-refractivity contribution >= 4 is 17.5 Å². The highest BCUT2D eigenvalue weighted by atomic mass is 16.5. The summed E-state index contributed by atoms with van der Waals surface area (Å²) in [6, 6.07) is 15.0. The van der Waals surface area contributed by atoms with Crippen LogP contribution in [0.2, 0.25) is 0 Å². The average Bonchev–Trinajstić information content (AvgIpc) is 2.75. The molecule has 154 valence electrons. The molecule has 7 nitrogen and oxygen atoms in total. The molecule has 2 aromatic rings. The molecular formula is C22H27N3O4. The van der Waals surface area contributed by atoms with Crippen LogP contribution in [0.15, 0.2) is 53.6 Å². The summed E-state index contributed by atoms with van der Waals surface area (Å²) in [6.07, 6.45) is 1.90. The number of nitrogens with zero attached hydrogens (tertiary/aromatic N) is 1. The van der Waals surface area contributed by atoms with Gasteiger partial charge in [-0.05, 0) is 43.5 Å². The molecule has 0 saturated heterocycles. The van der Waals surface area contributed by atoms with Gasteiger partial charge in [0.25, 0.3) is 5.91 Å². The fraction of sp³-hybridized carbons (Fsp3) is 0.318. The molecule has 0 aromatic heterocycles. The molecule has 0 radical (unpaired) electrons. The summed E-state index contributed by atoms with van der Waals surface area (Å²) >= 11 is 0. The summed E-state index contributed by atoms with van der Waals surface area (Å²) in [7, 11) is 3.03. The Bertz CT molecular complexity index is 850. The molecule has 0 aliphatic rings. The van der Waals surface area contributed by atoms with Gasteiger partial charge in [-0.1, -0.05) is 30.3 Å². The van der Waals surface area contributed by atoms with Crippen LogP contribution < -0.4 is 20.2 Å². The molecule has 0 spiro atoms. The number of carbonyl (C=O) groups is 2. The molecule has 2 amide bonds. The number of methoxy groups -OCH3 is 2. The van der Waals surface area contributed by atoms with E-state index >= 15 is 0 Å². The Kier molecular flexibility index (Phi) is 8.69. The third-order valence-electron chi connectivity index (χ3n) is 4.22. The van der Waals surface area contributed by atoms with Crippen molar-refractivity contribution in [3.05, 3.63) is 59.7 Å². The van der Waals surface area contributed by atoms with E-state index in [1.807, 2.05) is 18.2 Å². The Morgan fingerprint density at radius 1 is 1.00 bits per heavy atom. The maximum Gasteiger partial charge on any atom is 0.271 e. The highest BCUT2D eigenvalue weighted by molar-refractivity contribution is 6.01. The standard InChI is InChI=1S/C22H27N3O4/c1-16(14-21(26)23-13-7-10-17-8-5-4-6-9-17)24-25-22(27)18-11-12-19(28-2)20(15-18)29-3/h4-6,8-9,11-12,15H,7,10,13-14H2,1-3H3,(H,23,26)(H,25,27)/b24-16+. The summed E-state index contributed by atoms with van der Waals surface area (Å²) < 4.78 is 10.3. The van der Waals surface area contributed by atoms with Crippen LogP contribution in [0.3, 0.4) is 0 Å². The number of hydrogen-bond donors (Lipinski definition) is 2. The topological polar surface area (TPSA) is 89.0 Å².